The van der Waals surface area contributed by atoms with Gasteiger partial charge in [-0.2, -0.15) is 0 Å². The van der Waals surface area contributed by atoms with Gasteiger partial charge in [-0.25, -0.2) is 0 Å². The van der Waals surface area contributed by atoms with Crippen LogP contribution in [0.15, 0.2) is 10.6 Å². The van der Waals surface area contributed by atoms with E-state index in [0.29, 0.717) is 32.1 Å². The van der Waals surface area contributed by atoms with Crippen molar-refractivity contribution in [3.8, 4) is 0 Å². The van der Waals surface area contributed by atoms with E-state index in [4.69, 9.17) is 14.0 Å². The quantitative estimate of drug-likeness (QED) is 0.815. The van der Waals surface area contributed by atoms with Crippen LogP contribution in [0.2, 0.25) is 0 Å². The zero-order chi connectivity index (χ0) is 12.3. The highest BCUT2D eigenvalue weighted by molar-refractivity contribution is 5.92. The Morgan fingerprint density at radius 3 is 3.00 bits per heavy atom. The van der Waals surface area contributed by atoms with Gasteiger partial charge in [-0.15, -0.1) is 0 Å². The van der Waals surface area contributed by atoms with Crippen molar-refractivity contribution < 1.29 is 18.8 Å². The van der Waals surface area contributed by atoms with Crippen LogP contribution >= 0.6 is 0 Å². The number of carbonyl (C=O) groups excluding carboxylic acids is 1. The van der Waals surface area contributed by atoms with Gasteiger partial charge in [0.15, 0.2) is 11.5 Å². The third kappa shape index (κ3) is 2.83. The summed E-state index contributed by atoms with van der Waals surface area (Å²) in [7, 11) is 1.56. The van der Waals surface area contributed by atoms with Crippen LogP contribution in [0.1, 0.15) is 23.2 Å². The molecule has 1 aliphatic heterocycles. The minimum Gasteiger partial charge on any atom is -0.380 e. The molecule has 0 radical (unpaired) electrons. The van der Waals surface area contributed by atoms with Crippen molar-refractivity contribution in [2.75, 3.05) is 26.9 Å². The molecule has 1 aromatic rings. The first kappa shape index (κ1) is 12.1. The summed E-state index contributed by atoms with van der Waals surface area (Å²) in [6, 6.07) is 1.58. The maximum atomic E-state index is 11.7. The summed E-state index contributed by atoms with van der Waals surface area (Å²) in [6.07, 6.45) is 0. The summed E-state index contributed by atoms with van der Waals surface area (Å²) in [5.74, 6) is 0.306. The van der Waals surface area contributed by atoms with Gasteiger partial charge < -0.3 is 19.3 Å². The lowest BCUT2D eigenvalue weighted by Crippen LogP contribution is -2.48. The van der Waals surface area contributed by atoms with E-state index < -0.39 is 0 Å². The van der Waals surface area contributed by atoms with E-state index in [1.165, 1.54) is 0 Å². The van der Waals surface area contributed by atoms with Gasteiger partial charge >= 0.3 is 0 Å². The standard InChI is InChI=1S/C11H16N2O4/c1-11(6-16-7-11)5-12-10(14)9-3-8(4-15-2)17-13-9/h3H,4-7H2,1-2H3,(H,12,14). The molecule has 0 unspecified atom stereocenters. The van der Waals surface area contributed by atoms with E-state index in [-0.39, 0.29) is 17.0 Å². The van der Waals surface area contributed by atoms with Gasteiger partial charge in [0.25, 0.3) is 5.91 Å². The van der Waals surface area contributed by atoms with E-state index >= 15 is 0 Å². The Morgan fingerprint density at radius 2 is 2.41 bits per heavy atom. The van der Waals surface area contributed by atoms with Crippen LogP contribution in [-0.4, -0.2) is 37.9 Å². The number of aromatic nitrogens is 1. The molecular formula is C11H16N2O4. The Labute approximate surface area is 99.2 Å². The molecule has 1 fully saturated rings. The molecule has 6 heteroatoms. The first-order chi connectivity index (χ1) is 8.13. The van der Waals surface area contributed by atoms with Gasteiger partial charge in [0.1, 0.15) is 6.61 Å². The zero-order valence-electron chi connectivity index (χ0n) is 9.99. The summed E-state index contributed by atoms with van der Waals surface area (Å²) < 4.78 is 14.9. The maximum absolute atomic E-state index is 11.7. The highest BCUT2D eigenvalue weighted by Gasteiger charge is 2.33. The fraction of sp³-hybridized carbons (Fsp3) is 0.636. The number of hydrogen-bond acceptors (Lipinski definition) is 5. The molecule has 0 aromatic carbocycles. The topological polar surface area (TPSA) is 73.6 Å². The van der Waals surface area contributed by atoms with Crippen molar-refractivity contribution in [1.29, 1.82) is 0 Å². The molecule has 1 amide bonds. The lowest BCUT2D eigenvalue weighted by atomic mass is 9.89. The third-order valence-electron chi connectivity index (χ3n) is 2.65. The third-order valence-corrected chi connectivity index (χ3v) is 2.65. The van der Waals surface area contributed by atoms with E-state index in [2.05, 4.69) is 17.4 Å². The minimum atomic E-state index is -0.232. The van der Waals surface area contributed by atoms with Crippen LogP contribution in [0.5, 0.6) is 0 Å². The lowest BCUT2D eigenvalue weighted by Gasteiger charge is -2.37. The largest absolute Gasteiger partial charge is 0.380 e. The first-order valence-electron chi connectivity index (χ1n) is 5.43. The van der Waals surface area contributed by atoms with Gasteiger partial charge in [0, 0.05) is 25.1 Å². The van der Waals surface area contributed by atoms with E-state index in [9.17, 15) is 4.79 Å². The summed E-state index contributed by atoms with van der Waals surface area (Å²) >= 11 is 0. The fourth-order valence-corrected chi connectivity index (χ4v) is 1.57. The molecule has 2 heterocycles. The van der Waals surface area contributed by atoms with E-state index in [0.717, 1.165) is 0 Å². The number of methoxy groups -OCH3 is 1. The number of nitrogens with one attached hydrogen (secondary N) is 1. The fourth-order valence-electron chi connectivity index (χ4n) is 1.57. The second-order valence-corrected chi connectivity index (χ2v) is 4.60. The number of rotatable bonds is 5. The summed E-state index contributed by atoms with van der Waals surface area (Å²) in [5.41, 5.74) is 0.329. The van der Waals surface area contributed by atoms with Crippen LogP contribution in [0.3, 0.4) is 0 Å². The van der Waals surface area contributed by atoms with Crippen molar-refractivity contribution in [2.45, 2.75) is 13.5 Å². The van der Waals surface area contributed by atoms with Gasteiger partial charge in [-0.3, -0.25) is 4.79 Å². The zero-order valence-corrected chi connectivity index (χ0v) is 9.99. The second kappa shape index (κ2) is 4.85. The Bertz CT molecular complexity index is 398. The van der Waals surface area contributed by atoms with Gasteiger partial charge in [-0.1, -0.05) is 12.1 Å². The number of nitrogens with zero attached hydrogens (tertiary/aromatic N) is 1. The molecule has 0 bridgehead atoms. The molecule has 1 N–H and O–H groups in total. The summed E-state index contributed by atoms with van der Waals surface area (Å²) in [4.78, 5) is 11.7. The highest BCUT2D eigenvalue weighted by Crippen LogP contribution is 2.25. The van der Waals surface area contributed by atoms with Crippen molar-refractivity contribution in [3.63, 3.8) is 0 Å². The minimum absolute atomic E-state index is 0.0504. The predicted molar refractivity (Wildman–Crippen MR) is 58.5 cm³/mol. The van der Waals surface area contributed by atoms with Crippen molar-refractivity contribution in [2.24, 2.45) is 5.41 Å². The molecule has 0 atom stereocenters. The average molecular weight is 240 g/mol. The van der Waals surface area contributed by atoms with Crippen LogP contribution < -0.4 is 5.32 Å². The van der Waals surface area contributed by atoms with E-state index in [1.54, 1.807) is 13.2 Å². The maximum Gasteiger partial charge on any atom is 0.273 e. The van der Waals surface area contributed by atoms with Gasteiger partial charge in [0.2, 0.25) is 0 Å². The average Bonchev–Trinajstić information content (AvgIpc) is 2.72. The molecule has 6 nitrogen and oxygen atoms in total. The van der Waals surface area contributed by atoms with Crippen molar-refractivity contribution in [3.05, 3.63) is 17.5 Å². The molecule has 1 aromatic heterocycles. The van der Waals surface area contributed by atoms with Crippen LogP contribution in [0, 0.1) is 5.41 Å². The highest BCUT2D eigenvalue weighted by atomic mass is 16.5. The predicted octanol–water partition coefficient (Wildman–Crippen LogP) is 0.587. The molecule has 94 valence electrons. The van der Waals surface area contributed by atoms with Gasteiger partial charge in [-0.05, 0) is 0 Å². The molecule has 0 aliphatic carbocycles. The molecule has 17 heavy (non-hydrogen) atoms. The normalized spacial score (nSPS) is 17.5. The number of carbonyl (C=O) groups is 1. The number of ether oxygens (including phenoxy) is 2. The Hall–Kier alpha value is -1.40. The van der Waals surface area contributed by atoms with Crippen LogP contribution in [0.25, 0.3) is 0 Å². The number of amides is 1. The van der Waals surface area contributed by atoms with Crippen molar-refractivity contribution >= 4 is 5.91 Å². The van der Waals surface area contributed by atoms with Crippen LogP contribution in [-0.2, 0) is 16.1 Å². The van der Waals surface area contributed by atoms with Gasteiger partial charge in [0.05, 0.1) is 13.2 Å². The molecule has 1 aliphatic rings. The summed E-state index contributed by atoms with van der Waals surface area (Å²) in [6.45, 7) is 4.32. The smallest absolute Gasteiger partial charge is 0.273 e. The number of hydrogen-bond donors (Lipinski definition) is 1. The lowest BCUT2D eigenvalue weighted by molar-refractivity contribution is -0.0978. The Balaban J connectivity index is 1.85. The Kier molecular flexibility index (Phi) is 3.44. The molecule has 0 saturated carbocycles. The van der Waals surface area contributed by atoms with Crippen LogP contribution in [0.4, 0.5) is 0 Å². The Morgan fingerprint density at radius 1 is 1.65 bits per heavy atom. The monoisotopic (exact) mass is 240 g/mol. The van der Waals surface area contributed by atoms with Crippen molar-refractivity contribution in [1.82, 2.24) is 10.5 Å². The molecular weight excluding hydrogens is 224 g/mol. The molecule has 2 rings (SSSR count). The SMILES string of the molecule is COCc1cc(C(=O)NCC2(C)COC2)no1. The van der Waals surface area contributed by atoms with E-state index in [1.807, 2.05) is 0 Å². The molecule has 1 saturated heterocycles. The molecule has 0 spiro atoms. The first-order valence-corrected chi connectivity index (χ1v) is 5.43. The summed E-state index contributed by atoms with van der Waals surface area (Å²) in [5, 5.41) is 6.50. The second-order valence-electron chi connectivity index (χ2n) is 4.60.